The summed E-state index contributed by atoms with van der Waals surface area (Å²) in [5, 5.41) is 0. The van der Waals surface area contributed by atoms with Crippen molar-refractivity contribution in [1.29, 1.82) is 0 Å². The van der Waals surface area contributed by atoms with Gasteiger partial charge in [-0.3, -0.25) is 4.55 Å². The minimum atomic E-state index is -4.56. The van der Waals surface area contributed by atoms with Crippen LogP contribution in [0.3, 0.4) is 0 Å². The standard InChI is InChI=1S/C40H66O7S/c1-3-5-7-9-11-13-15-17-19-21-23-25-27-29-33-46-39(41)37-32-31-36(48(43,44)45)35-38(37)40(42)47-34-30-28-26-24-22-20-18-16-14-12-10-8-6-4-2/h15-18,31-32,35H,3-14,19-30,33-34H2,1-2H3,(H,43,44,45)/b17-15+,18-16+. The predicted molar refractivity (Wildman–Crippen MR) is 197 cm³/mol. The van der Waals surface area contributed by atoms with E-state index in [-0.39, 0.29) is 24.3 Å². The van der Waals surface area contributed by atoms with Crippen molar-refractivity contribution in [2.75, 3.05) is 13.2 Å². The van der Waals surface area contributed by atoms with Crippen LogP contribution in [0.2, 0.25) is 0 Å². The molecule has 48 heavy (non-hydrogen) atoms. The summed E-state index contributed by atoms with van der Waals surface area (Å²) in [6.45, 7) is 4.84. The third-order valence-electron chi connectivity index (χ3n) is 8.51. The lowest BCUT2D eigenvalue weighted by atomic mass is 10.1. The van der Waals surface area contributed by atoms with Crippen LogP contribution in [-0.4, -0.2) is 38.1 Å². The van der Waals surface area contributed by atoms with E-state index in [0.29, 0.717) is 12.8 Å². The topological polar surface area (TPSA) is 107 Å². The van der Waals surface area contributed by atoms with Crippen molar-refractivity contribution in [3.63, 3.8) is 0 Å². The van der Waals surface area contributed by atoms with Crippen LogP contribution in [0.4, 0.5) is 0 Å². The Kier molecular flexibility index (Phi) is 26.7. The first kappa shape index (κ1) is 43.6. The molecular weight excluding hydrogens is 624 g/mol. The highest BCUT2D eigenvalue weighted by molar-refractivity contribution is 7.85. The molecule has 0 saturated carbocycles. The zero-order chi connectivity index (χ0) is 35.1. The first-order chi connectivity index (χ1) is 23.3. The number of unbranched alkanes of at least 4 members (excludes halogenated alkanes) is 20. The van der Waals surface area contributed by atoms with Crippen LogP contribution in [0.15, 0.2) is 47.4 Å². The molecule has 1 N–H and O–H groups in total. The second-order valence-electron chi connectivity index (χ2n) is 12.9. The molecule has 0 heterocycles. The summed E-state index contributed by atoms with van der Waals surface area (Å²) in [5.41, 5.74) is -0.292. The fraction of sp³-hybridized carbons (Fsp3) is 0.700. The van der Waals surface area contributed by atoms with E-state index in [4.69, 9.17) is 9.47 Å². The molecule has 0 atom stereocenters. The molecule has 0 amide bonds. The third-order valence-corrected chi connectivity index (χ3v) is 9.36. The maximum Gasteiger partial charge on any atom is 0.339 e. The van der Waals surface area contributed by atoms with Gasteiger partial charge in [0, 0.05) is 0 Å². The average Bonchev–Trinajstić information content (AvgIpc) is 3.07. The van der Waals surface area contributed by atoms with Gasteiger partial charge in [-0.05, 0) is 82.4 Å². The molecule has 1 aromatic carbocycles. The van der Waals surface area contributed by atoms with Crippen molar-refractivity contribution in [2.24, 2.45) is 0 Å². The fourth-order valence-electron chi connectivity index (χ4n) is 5.51. The molecule has 0 radical (unpaired) electrons. The van der Waals surface area contributed by atoms with Crippen LogP contribution in [0.25, 0.3) is 0 Å². The zero-order valence-electron chi connectivity index (χ0n) is 30.2. The Morgan fingerprint density at radius 1 is 0.542 bits per heavy atom. The van der Waals surface area contributed by atoms with Gasteiger partial charge in [0.05, 0.1) is 29.2 Å². The third kappa shape index (κ3) is 23.0. The van der Waals surface area contributed by atoms with E-state index in [1.54, 1.807) is 0 Å². The van der Waals surface area contributed by atoms with E-state index in [1.807, 2.05) is 0 Å². The molecule has 0 fully saturated rings. The second-order valence-corrected chi connectivity index (χ2v) is 14.3. The van der Waals surface area contributed by atoms with Crippen molar-refractivity contribution in [2.45, 2.75) is 173 Å². The van der Waals surface area contributed by atoms with Crippen LogP contribution in [-0.2, 0) is 19.6 Å². The minimum Gasteiger partial charge on any atom is -0.462 e. The minimum absolute atomic E-state index is 0.0708. The molecule has 1 aromatic rings. The molecule has 0 aliphatic carbocycles. The molecule has 8 heteroatoms. The van der Waals surface area contributed by atoms with Crippen molar-refractivity contribution in [3.05, 3.63) is 53.6 Å². The summed E-state index contributed by atoms with van der Waals surface area (Å²) in [6, 6.07) is 3.27. The number of esters is 2. The molecular formula is C40H66O7S. The number of carbonyl (C=O) groups excluding carboxylic acids is 2. The van der Waals surface area contributed by atoms with E-state index >= 15 is 0 Å². The first-order valence-corrected chi connectivity index (χ1v) is 20.5. The number of ether oxygens (including phenoxy) is 2. The highest BCUT2D eigenvalue weighted by Gasteiger charge is 2.23. The van der Waals surface area contributed by atoms with E-state index in [2.05, 4.69) is 38.2 Å². The summed E-state index contributed by atoms with van der Waals surface area (Å²) in [5.74, 6) is -1.52. The van der Waals surface area contributed by atoms with E-state index in [9.17, 15) is 22.6 Å². The van der Waals surface area contributed by atoms with Crippen LogP contribution in [0.1, 0.15) is 189 Å². The SMILES string of the molecule is CCCCCCC/C=C/CCCCCCCOC(=O)c1ccc(S(=O)(=O)O)cc1C(=O)OCCCCCCC/C=C/CCCCCCC. The van der Waals surface area contributed by atoms with E-state index in [0.717, 1.165) is 76.3 Å². The van der Waals surface area contributed by atoms with Gasteiger partial charge in [0.25, 0.3) is 10.1 Å². The van der Waals surface area contributed by atoms with Crippen molar-refractivity contribution >= 4 is 22.1 Å². The van der Waals surface area contributed by atoms with E-state index in [1.165, 1.54) is 83.1 Å². The number of allylic oxidation sites excluding steroid dienone is 4. The lowest BCUT2D eigenvalue weighted by Crippen LogP contribution is -2.16. The monoisotopic (exact) mass is 690 g/mol. The molecule has 7 nitrogen and oxygen atoms in total. The summed E-state index contributed by atoms with van der Waals surface area (Å²) in [7, 11) is -4.56. The van der Waals surface area contributed by atoms with Gasteiger partial charge in [-0.2, -0.15) is 8.42 Å². The predicted octanol–water partition coefficient (Wildman–Crippen LogP) is 11.8. The fourth-order valence-corrected chi connectivity index (χ4v) is 6.01. The Labute approximate surface area is 293 Å². The number of hydrogen-bond donors (Lipinski definition) is 1. The molecule has 0 saturated heterocycles. The van der Waals surface area contributed by atoms with Crippen LogP contribution in [0, 0.1) is 0 Å². The molecule has 0 aliphatic rings. The normalized spacial score (nSPS) is 11.9. The second kappa shape index (κ2) is 29.5. The number of carbonyl (C=O) groups is 2. The van der Waals surface area contributed by atoms with Crippen LogP contribution >= 0.6 is 0 Å². The highest BCUT2D eigenvalue weighted by Crippen LogP contribution is 2.19. The highest BCUT2D eigenvalue weighted by atomic mass is 32.2. The van der Waals surface area contributed by atoms with Gasteiger partial charge in [0.1, 0.15) is 0 Å². The Hall–Kier alpha value is -2.45. The van der Waals surface area contributed by atoms with Gasteiger partial charge in [0.15, 0.2) is 0 Å². The lowest BCUT2D eigenvalue weighted by molar-refractivity contribution is 0.0450. The van der Waals surface area contributed by atoms with Gasteiger partial charge < -0.3 is 9.47 Å². The maximum absolute atomic E-state index is 12.9. The molecule has 0 unspecified atom stereocenters. The molecule has 0 aliphatic heterocycles. The van der Waals surface area contributed by atoms with Gasteiger partial charge in [-0.25, -0.2) is 9.59 Å². The van der Waals surface area contributed by atoms with Crippen molar-refractivity contribution in [3.8, 4) is 0 Å². The van der Waals surface area contributed by atoms with Crippen molar-refractivity contribution in [1.82, 2.24) is 0 Å². The lowest BCUT2D eigenvalue weighted by Gasteiger charge is -2.11. The number of hydrogen-bond acceptors (Lipinski definition) is 6. The average molecular weight is 691 g/mol. The summed E-state index contributed by atoms with van der Waals surface area (Å²) >= 11 is 0. The Balaban J connectivity index is 2.33. The van der Waals surface area contributed by atoms with Gasteiger partial charge in [-0.1, -0.05) is 128 Å². The molecule has 274 valence electrons. The summed E-state index contributed by atoms with van der Waals surface area (Å²) in [4.78, 5) is 25.2. The molecule has 1 rings (SSSR count). The zero-order valence-corrected chi connectivity index (χ0v) is 31.0. The Morgan fingerprint density at radius 3 is 1.29 bits per heavy atom. The van der Waals surface area contributed by atoms with Gasteiger partial charge >= 0.3 is 11.9 Å². The molecule has 0 bridgehead atoms. The summed E-state index contributed by atoms with van der Waals surface area (Å²) < 4.78 is 43.7. The van der Waals surface area contributed by atoms with Gasteiger partial charge in [0.2, 0.25) is 0 Å². The molecule has 0 aromatic heterocycles. The first-order valence-electron chi connectivity index (χ1n) is 19.1. The van der Waals surface area contributed by atoms with Gasteiger partial charge in [-0.15, -0.1) is 0 Å². The summed E-state index contributed by atoms with van der Waals surface area (Å²) in [6.07, 6.45) is 36.6. The van der Waals surface area contributed by atoms with E-state index < -0.39 is 27.0 Å². The Bertz CT molecular complexity index is 1140. The molecule has 0 spiro atoms. The quantitative estimate of drug-likeness (QED) is 0.0357. The Morgan fingerprint density at radius 2 is 0.896 bits per heavy atom. The van der Waals surface area contributed by atoms with Crippen LogP contribution < -0.4 is 0 Å². The largest absolute Gasteiger partial charge is 0.462 e. The number of rotatable bonds is 31. The number of benzene rings is 1. The van der Waals surface area contributed by atoms with Crippen molar-refractivity contribution < 1.29 is 32.0 Å². The van der Waals surface area contributed by atoms with Crippen LogP contribution in [0.5, 0.6) is 0 Å². The smallest absolute Gasteiger partial charge is 0.339 e. The maximum atomic E-state index is 12.9.